The van der Waals surface area contributed by atoms with Crippen LogP contribution < -0.4 is 0 Å². The van der Waals surface area contributed by atoms with Gasteiger partial charge >= 0.3 is 0 Å². The van der Waals surface area contributed by atoms with Gasteiger partial charge in [0.05, 0.1) is 21.1 Å². The molecule has 0 saturated carbocycles. The third-order valence-corrected chi connectivity index (χ3v) is 4.27. The first-order valence-corrected chi connectivity index (χ1v) is 7.73. The zero-order valence-electron chi connectivity index (χ0n) is 11.2. The molecule has 1 heterocycles. The quantitative estimate of drug-likeness (QED) is 0.543. The Bertz CT molecular complexity index is 628. The summed E-state index contributed by atoms with van der Waals surface area (Å²) < 4.78 is 2.84. The number of aromatic nitrogens is 2. The molecule has 0 saturated heterocycles. The summed E-state index contributed by atoms with van der Waals surface area (Å²) in [5.74, 6) is 0.754. The molecule has 0 spiro atoms. The van der Waals surface area contributed by atoms with Gasteiger partial charge in [0.15, 0.2) is 4.77 Å². The second-order valence-corrected chi connectivity index (χ2v) is 6.46. The van der Waals surface area contributed by atoms with Gasteiger partial charge in [-0.2, -0.15) is 0 Å². The molecular formula is C14H18Cl2N2S. The predicted octanol–water partition coefficient (Wildman–Crippen LogP) is 5.83. The summed E-state index contributed by atoms with van der Waals surface area (Å²) in [6.07, 6.45) is 3.59. The number of nitrogens with one attached hydrogen (secondary N) is 1. The largest absolute Gasteiger partial charge is 0.331 e. The number of hydrogen-bond donors (Lipinski definition) is 1. The highest BCUT2D eigenvalue weighted by Gasteiger charge is 2.08. The Morgan fingerprint density at radius 1 is 1.21 bits per heavy atom. The standard InChI is InChI=1S/C14H18Cl2N2S/c1-9(2)5-3-4-6-18-13-8-11(16)10(15)7-12(13)17-14(18)19/h7-9H,3-6H2,1-2H3,(H,17,19). The van der Waals surface area contributed by atoms with E-state index in [0.717, 1.165) is 34.7 Å². The fraction of sp³-hybridized carbons (Fsp3) is 0.500. The highest BCUT2D eigenvalue weighted by Crippen LogP contribution is 2.27. The summed E-state index contributed by atoms with van der Waals surface area (Å²) in [6.45, 7) is 5.42. The molecule has 5 heteroatoms. The summed E-state index contributed by atoms with van der Waals surface area (Å²) >= 11 is 17.5. The first-order chi connectivity index (χ1) is 8.99. The van der Waals surface area contributed by atoms with Gasteiger partial charge in [-0.25, -0.2) is 0 Å². The molecular weight excluding hydrogens is 299 g/mol. The first kappa shape index (κ1) is 14.9. The van der Waals surface area contributed by atoms with Crippen LogP contribution in [0, 0.1) is 10.7 Å². The molecule has 0 bridgehead atoms. The van der Waals surface area contributed by atoms with E-state index in [9.17, 15) is 0 Å². The maximum absolute atomic E-state index is 6.08. The van der Waals surface area contributed by atoms with Crippen LogP contribution in [0.5, 0.6) is 0 Å². The second-order valence-electron chi connectivity index (χ2n) is 5.25. The second kappa shape index (κ2) is 6.29. The Morgan fingerprint density at radius 3 is 2.58 bits per heavy atom. The molecule has 2 nitrogen and oxygen atoms in total. The predicted molar refractivity (Wildman–Crippen MR) is 85.8 cm³/mol. The molecule has 1 aromatic heterocycles. The molecule has 0 aliphatic rings. The van der Waals surface area contributed by atoms with Gasteiger partial charge in [-0.15, -0.1) is 0 Å². The lowest BCUT2D eigenvalue weighted by Crippen LogP contribution is -1.99. The third-order valence-electron chi connectivity index (χ3n) is 3.23. The van der Waals surface area contributed by atoms with Crippen LogP contribution in [0.25, 0.3) is 11.0 Å². The lowest BCUT2D eigenvalue weighted by molar-refractivity contribution is 0.511. The molecule has 2 rings (SSSR count). The van der Waals surface area contributed by atoms with Crippen molar-refractivity contribution < 1.29 is 0 Å². The summed E-state index contributed by atoms with van der Waals surface area (Å²) in [5.41, 5.74) is 1.98. The van der Waals surface area contributed by atoms with E-state index in [1.807, 2.05) is 12.1 Å². The Labute approximate surface area is 128 Å². The van der Waals surface area contributed by atoms with Gasteiger partial charge in [0.25, 0.3) is 0 Å². The molecule has 0 radical (unpaired) electrons. The Hall–Kier alpha value is -0.510. The number of aryl methyl sites for hydroxylation is 1. The van der Waals surface area contributed by atoms with Crippen LogP contribution in [0.1, 0.15) is 33.1 Å². The van der Waals surface area contributed by atoms with Crippen molar-refractivity contribution in [1.29, 1.82) is 0 Å². The molecule has 0 amide bonds. The van der Waals surface area contributed by atoms with Gasteiger partial charge < -0.3 is 9.55 Å². The summed E-state index contributed by atoms with van der Waals surface area (Å²) in [4.78, 5) is 3.18. The van der Waals surface area contributed by atoms with Crippen molar-refractivity contribution in [2.45, 2.75) is 39.7 Å². The summed E-state index contributed by atoms with van der Waals surface area (Å²) in [5, 5.41) is 1.12. The van der Waals surface area contributed by atoms with Gasteiger partial charge in [0.2, 0.25) is 0 Å². The molecule has 0 aliphatic heterocycles. The molecule has 19 heavy (non-hydrogen) atoms. The van der Waals surface area contributed by atoms with E-state index in [1.54, 1.807) is 0 Å². The van der Waals surface area contributed by atoms with E-state index in [1.165, 1.54) is 12.8 Å². The van der Waals surface area contributed by atoms with Gasteiger partial charge in [-0.05, 0) is 36.7 Å². The van der Waals surface area contributed by atoms with Gasteiger partial charge in [-0.3, -0.25) is 0 Å². The van der Waals surface area contributed by atoms with Crippen molar-refractivity contribution in [3.8, 4) is 0 Å². The number of imidazole rings is 1. The van der Waals surface area contributed by atoms with Crippen LogP contribution in [0.2, 0.25) is 10.0 Å². The number of nitrogens with zero attached hydrogens (tertiary/aromatic N) is 1. The lowest BCUT2D eigenvalue weighted by Gasteiger charge is -2.07. The fourth-order valence-electron chi connectivity index (χ4n) is 2.20. The average Bonchev–Trinajstić information content (AvgIpc) is 2.61. The molecule has 0 unspecified atom stereocenters. The van der Waals surface area contributed by atoms with E-state index in [-0.39, 0.29) is 0 Å². The summed E-state index contributed by atoms with van der Waals surface area (Å²) in [6, 6.07) is 3.72. The highest BCUT2D eigenvalue weighted by atomic mass is 35.5. The maximum atomic E-state index is 6.08. The number of unbranched alkanes of at least 4 members (excludes halogenated alkanes) is 1. The van der Waals surface area contributed by atoms with Crippen LogP contribution in [0.15, 0.2) is 12.1 Å². The van der Waals surface area contributed by atoms with Crippen LogP contribution in [0.4, 0.5) is 0 Å². The number of fused-ring (bicyclic) bond motifs is 1. The van der Waals surface area contributed by atoms with Crippen LogP contribution in [0.3, 0.4) is 0 Å². The van der Waals surface area contributed by atoms with Crippen molar-refractivity contribution in [2.24, 2.45) is 5.92 Å². The van der Waals surface area contributed by atoms with Crippen molar-refractivity contribution in [1.82, 2.24) is 9.55 Å². The maximum Gasteiger partial charge on any atom is 0.178 e. The SMILES string of the molecule is CC(C)CCCCn1c(=S)[nH]c2cc(Cl)c(Cl)cc21. The molecule has 0 atom stereocenters. The van der Waals surface area contributed by atoms with Gasteiger partial charge in [-0.1, -0.05) is 49.9 Å². The van der Waals surface area contributed by atoms with E-state index in [2.05, 4.69) is 23.4 Å². The number of benzene rings is 1. The molecule has 0 aliphatic carbocycles. The van der Waals surface area contributed by atoms with Crippen LogP contribution in [-0.2, 0) is 6.54 Å². The molecule has 104 valence electrons. The Balaban J connectivity index is 2.20. The van der Waals surface area contributed by atoms with Crippen LogP contribution >= 0.6 is 35.4 Å². The van der Waals surface area contributed by atoms with Gasteiger partial charge in [0, 0.05) is 6.54 Å². The average molecular weight is 317 g/mol. The zero-order valence-corrected chi connectivity index (χ0v) is 13.5. The molecule has 0 fully saturated rings. The fourth-order valence-corrected chi connectivity index (χ4v) is 2.82. The number of halogens is 2. The minimum atomic E-state index is 0.553. The van der Waals surface area contributed by atoms with Crippen molar-refractivity contribution in [3.63, 3.8) is 0 Å². The zero-order chi connectivity index (χ0) is 14.0. The molecule has 2 aromatic rings. The topological polar surface area (TPSA) is 20.7 Å². The van der Waals surface area contributed by atoms with Crippen LogP contribution in [-0.4, -0.2) is 9.55 Å². The number of aromatic amines is 1. The minimum Gasteiger partial charge on any atom is -0.331 e. The smallest absolute Gasteiger partial charge is 0.178 e. The number of hydrogen-bond acceptors (Lipinski definition) is 1. The summed E-state index contributed by atoms with van der Waals surface area (Å²) in [7, 11) is 0. The molecule has 1 aromatic carbocycles. The van der Waals surface area contributed by atoms with E-state index < -0.39 is 0 Å². The number of H-pyrrole nitrogens is 1. The number of rotatable bonds is 5. The van der Waals surface area contributed by atoms with E-state index in [0.29, 0.717) is 10.0 Å². The van der Waals surface area contributed by atoms with Gasteiger partial charge in [0.1, 0.15) is 0 Å². The van der Waals surface area contributed by atoms with Crippen molar-refractivity contribution in [2.75, 3.05) is 0 Å². The highest BCUT2D eigenvalue weighted by molar-refractivity contribution is 7.71. The lowest BCUT2D eigenvalue weighted by atomic mass is 10.1. The van der Waals surface area contributed by atoms with E-state index >= 15 is 0 Å². The Kier molecular flexibility index (Phi) is 4.93. The Morgan fingerprint density at radius 2 is 1.89 bits per heavy atom. The minimum absolute atomic E-state index is 0.553. The molecule has 1 N–H and O–H groups in total. The normalized spacial score (nSPS) is 11.6. The van der Waals surface area contributed by atoms with E-state index in [4.69, 9.17) is 35.4 Å². The monoisotopic (exact) mass is 316 g/mol. The first-order valence-electron chi connectivity index (χ1n) is 6.56. The van der Waals surface area contributed by atoms with Crippen molar-refractivity contribution in [3.05, 3.63) is 26.9 Å². The third kappa shape index (κ3) is 3.53. The van der Waals surface area contributed by atoms with Crippen molar-refractivity contribution >= 4 is 46.5 Å².